The van der Waals surface area contributed by atoms with Crippen molar-refractivity contribution >= 4 is 41.5 Å². The van der Waals surface area contributed by atoms with Crippen molar-refractivity contribution in [3.63, 3.8) is 0 Å². The molecule has 0 bridgehead atoms. The second-order valence-corrected chi connectivity index (χ2v) is 22.1. The van der Waals surface area contributed by atoms with Gasteiger partial charge in [-0.2, -0.15) is 0 Å². The molecule has 4 rings (SSSR count). The molecule has 15 nitrogen and oxygen atoms in total. The number of carbonyl (C=O) groups is 7. The number of nitrogens with two attached hydrogens (primary N) is 1. The van der Waals surface area contributed by atoms with Crippen molar-refractivity contribution in [3.05, 3.63) is 0 Å². The fourth-order valence-corrected chi connectivity index (χ4v) is 12.9. The van der Waals surface area contributed by atoms with E-state index < -0.39 is 65.7 Å². The van der Waals surface area contributed by atoms with Crippen molar-refractivity contribution in [2.75, 3.05) is 13.7 Å². The summed E-state index contributed by atoms with van der Waals surface area (Å²) < 4.78 is 4.96. The minimum Gasteiger partial charge on any atom is -0.480 e. The molecule has 0 radical (unpaired) electrons. The van der Waals surface area contributed by atoms with Gasteiger partial charge in [-0.3, -0.25) is 33.6 Å². The van der Waals surface area contributed by atoms with Crippen LogP contribution in [-0.4, -0.2) is 101 Å². The quantitative estimate of drug-likeness (QED) is 0.0785. The number of nitrogens with zero attached hydrogens (tertiary/aromatic N) is 1. The van der Waals surface area contributed by atoms with Crippen molar-refractivity contribution in [2.24, 2.45) is 69.8 Å². The van der Waals surface area contributed by atoms with Gasteiger partial charge >= 0.3 is 11.9 Å². The molecule has 0 heterocycles. The van der Waals surface area contributed by atoms with E-state index >= 15 is 4.79 Å². The molecule has 65 heavy (non-hydrogen) atoms. The number of ether oxygens (including phenoxy) is 1. The molecule has 15 heteroatoms. The van der Waals surface area contributed by atoms with E-state index in [2.05, 4.69) is 42.0 Å². The fraction of sp³-hybridized carbons (Fsp3) is 0.860. The topological polar surface area (TPSA) is 226 Å². The Kier molecular flexibility index (Phi) is 18.9. The van der Waals surface area contributed by atoms with E-state index in [0.29, 0.717) is 67.6 Å². The fourth-order valence-electron chi connectivity index (χ4n) is 12.9. The van der Waals surface area contributed by atoms with Gasteiger partial charge in [0, 0.05) is 12.5 Å². The summed E-state index contributed by atoms with van der Waals surface area (Å²) in [5.41, 5.74) is 6.46. The van der Waals surface area contributed by atoms with E-state index in [1.807, 2.05) is 27.7 Å². The van der Waals surface area contributed by atoms with Crippen molar-refractivity contribution in [1.29, 1.82) is 0 Å². The van der Waals surface area contributed by atoms with Gasteiger partial charge < -0.3 is 41.7 Å². The Morgan fingerprint density at radius 1 is 0.769 bits per heavy atom. The van der Waals surface area contributed by atoms with Gasteiger partial charge in [0.15, 0.2) is 0 Å². The molecule has 370 valence electrons. The number of amides is 5. The second kappa shape index (κ2) is 22.8. The number of aliphatic carboxylic acids is 1. The van der Waals surface area contributed by atoms with Gasteiger partial charge in [0.25, 0.3) is 0 Å². The maximum absolute atomic E-state index is 15.1. The Hall–Kier alpha value is -3.75. The zero-order chi connectivity index (χ0) is 48.7. The molecule has 0 spiro atoms. The summed E-state index contributed by atoms with van der Waals surface area (Å²) in [4.78, 5) is 94.4. The Labute approximate surface area is 389 Å². The minimum absolute atomic E-state index is 0.0122. The zero-order valence-corrected chi connectivity index (χ0v) is 41.8. The van der Waals surface area contributed by atoms with Gasteiger partial charge in [-0.15, -0.1) is 0 Å². The molecule has 0 aliphatic heterocycles. The number of methoxy groups -OCH3 is 1. The second-order valence-electron chi connectivity index (χ2n) is 22.1. The van der Waals surface area contributed by atoms with Gasteiger partial charge in [0.2, 0.25) is 29.5 Å². The average Bonchev–Trinajstić information content (AvgIpc) is 3.61. The highest BCUT2D eigenvalue weighted by molar-refractivity contribution is 5.95. The number of carbonyl (C=O) groups excluding carboxylic acids is 6. The van der Waals surface area contributed by atoms with Gasteiger partial charge in [-0.25, -0.2) is 0 Å². The molecule has 0 aromatic heterocycles. The summed E-state index contributed by atoms with van der Waals surface area (Å²) in [5, 5.41) is 20.4. The Morgan fingerprint density at radius 3 is 2.00 bits per heavy atom. The van der Waals surface area contributed by atoms with Crippen LogP contribution in [0.2, 0.25) is 0 Å². The zero-order valence-electron chi connectivity index (χ0n) is 41.8. The minimum atomic E-state index is -1.20. The first-order valence-electron chi connectivity index (χ1n) is 25.0. The highest BCUT2D eigenvalue weighted by atomic mass is 16.5. The van der Waals surface area contributed by atoms with Crippen LogP contribution in [0.3, 0.4) is 0 Å². The van der Waals surface area contributed by atoms with Crippen LogP contribution in [0.25, 0.3) is 0 Å². The van der Waals surface area contributed by atoms with E-state index in [0.717, 1.165) is 38.5 Å². The summed E-state index contributed by atoms with van der Waals surface area (Å²) in [6.45, 7) is 21.1. The number of hydrogen-bond acceptors (Lipinski definition) is 9. The molecule has 0 unspecified atom stereocenters. The van der Waals surface area contributed by atoms with Gasteiger partial charge in [-0.05, 0) is 149 Å². The maximum Gasteiger partial charge on any atom is 0.325 e. The van der Waals surface area contributed by atoms with Gasteiger partial charge in [0.1, 0.15) is 24.2 Å². The number of carboxylic acid groups (broad SMARTS) is 1. The molecule has 4 saturated carbocycles. The van der Waals surface area contributed by atoms with E-state index in [4.69, 9.17) is 10.5 Å². The third kappa shape index (κ3) is 12.6. The van der Waals surface area contributed by atoms with Crippen LogP contribution in [-0.2, 0) is 38.3 Å². The average molecular weight is 915 g/mol. The Morgan fingerprint density at radius 2 is 1.40 bits per heavy atom. The van der Waals surface area contributed by atoms with Crippen molar-refractivity contribution in [3.8, 4) is 0 Å². The summed E-state index contributed by atoms with van der Waals surface area (Å²) in [7, 11) is 1.46. The molecule has 0 aromatic carbocycles. The predicted molar refractivity (Wildman–Crippen MR) is 250 cm³/mol. The lowest BCUT2D eigenvalue weighted by atomic mass is 9.44. The summed E-state index contributed by atoms with van der Waals surface area (Å²) in [6, 6.07) is -5.29. The summed E-state index contributed by atoms with van der Waals surface area (Å²) in [5.74, 6) is -1.27. The van der Waals surface area contributed by atoms with Crippen LogP contribution >= 0.6 is 0 Å². The third-order valence-corrected chi connectivity index (χ3v) is 17.1. The van der Waals surface area contributed by atoms with Crippen LogP contribution in [0.15, 0.2) is 0 Å². The third-order valence-electron chi connectivity index (χ3n) is 17.1. The van der Waals surface area contributed by atoms with E-state index in [9.17, 15) is 33.9 Å². The smallest absolute Gasteiger partial charge is 0.325 e. The lowest BCUT2D eigenvalue weighted by Crippen LogP contribution is -2.61. The summed E-state index contributed by atoms with van der Waals surface area (Å²) in [6.07, 6.45) is 11.4. The number of hydrogen-bond donors (Lipinski definition) is 6. The molecule has 0 aromatic rings. The predicted octanol–water partition coefficient (Wildman–Crippen LogP) is 5.57. The van der Waals surface area contributed by atoms with Crippen LogP contribution in [0.1, 0.15) is 160 Å². The molecule has 4 aliphatic carbocycles. The number of nitrogens with one attached hydrogen (secondary N) is 4. The number of fused-ring (bicyclic) bond motifs is 5. The largest absolute Gasteiger partial charge is 0.480 e. The van der Waals surface area contributed by atoms with Gasteiger partial charge in [-0.1, -0.05) is 68.7 Å². The molecule has 4 fully saturated rings. The van der Waals surface area contributed by atoms with Crippen molar-refractivity contribution in [1.82, 2.24) is 26.2 Å². The molecule has 4 aliphatic rings. The number of carboxylic acids is 1. The van der Waals surface area contributed by atoms with Crippen LogP contribution in [0.5, 0.6) is 0 Å². The normalized spacial score (nSPS) is 30.4. The van der Waals surface area contributed by atoms with E-state index in [1.165, 1.54) is 26.9 Å². The van der Waals surface area contributed by atoms with E-state index in [1.54, 1.807) is 25.7 Å². The number of esters is 1. The monoisotopic (exact) mass is 915 g/mol. The first-order valence-corrected chi connectivity index (χ1v) is 25.0. The van der Waals surface area contributed by atoms with Crippen molar-refractivity contribution in [2.45, 2.75) is 196 Å². The first kappa shape index (κ1) is 53.9. The first-order chi connectivity index (χ1) is 30.4. The lowest BCUT2D eigenvalue weighted by molar-refractivity contribution is -0.150. The van der Waals surface area contributed by atoms with E-state index in [-0.39, 0.29) is 47.1 Å². The van der Waals surface area contributed by atoms with Crippen LogP contribution < -0.4 is 27.0 Å². The Bertz CT molecular complexity index is 1710. The summed E-state index contributed by atoms with van der Waals surface area (Å²) >= 11 is 0. The molecule has 15 atom stereocenters. The van der Waals surface area contributed by atoms with Crippen LogP contribution in [0.4, 0.5) is 0 Å². The van der Waals surface area contributed by atoms with Crippen molar-refractivity contribution < 1.29 is 43.4 Å². The SMILES string of the molecule is CC[C@H](C)[C@H](N)C(=O)N[C@@H](C)C(=O)N[C@@H](CC(C)C)C(=O)N(CC(=O)N[C@H](C(=O)N[C@@H](C)C(=O)O)C(C)C)[C@@H]1CC[C@@]2(C)[C@H](CC[C@@H]3[C@@H]2CC[C@]2(C)[C@@H]([C@H](C)CCC(=O)OC)CC[C@@H]32)C1. The maximum atomic E-state index is 15.1. The Balaban J connectivity index is 1.59. The lowest BCUT2D eigenvalue weighted by Gasteiger charge is -2.62. The van der Waals surface area contributed by atoms with Gasteiger partial charge in [0.05, 0.1) is 19.7 Å². The molecular formula is C50H86N6O9. The molecule has 7 N–H and O–H groups in total. The highest BCUT2D eigenvalue weighted by Crippen LogP contribution is 2.68. The molecule has 5 amide bonds. The molecule has 0 saturated heterocycles. The molecular weight excluding hydrogens is 829 g/mol. The highest BCUT2D eigenvalue weighted by Gasteiger charge is 2.61. The van der Waals surface area contributed by atoms with Crippen LogP contribution in [0, 0.1) is 64.1 Å². The standard InChI is InChI=1S/C50H86N6O9/c1-13-29(6)42(51)45(60)52-31(8)44(59)54-39(24-27(2)3)47(62)56(26-40(57)55-43(28(4)5)46(61)53-32(9)48(63)64)34-20-22-49(10)33(25-34)15-16-35-37-18-17-36(30(7)14-19-41(58)65-12)50(37,11)23-21-38(35)49/h27-39,42-43H,13-26,51H2,1-12H3,(H,52,60)(H,53,61)(H,54,59)(H,55,57)(H,63,64)/t29-,30+,31-,32-,33+,34+,35-,36+,37-,38-,39-,42-,43-,49-,50+/m0/s1. The number of rotatable bonds is 21.